The van der Waals surface area contributed by atoms with Gasteiger partial charge in [0.1, 0.15) is 11.3 Å². The molecule has 0 aliphatic carbocycles. The number of carbonyl (C=O) groups is 1. The second-order valence-corrected chi connectivity index (χ2v) is 10.8. The van der Waals surface area contributed by atoms with E-state index in [1.807, 2.05) is 75.4 Å². The second kappa shape index (κ2) is 12.7. The zero-order valence-electron chi connectivity index (χ0n) is 25.1. The van der Waals surface area contributed by atoms with Gasteiger partial charge >= 0.3 is 0 Å². The molecule has 1 atom stereocenters. The summed E-state index contributed by atoms with van der Waals surface area (Å²) in [6.45, 7) is 9.39. The number of carbonyl (C=O) groups excluding carboxylic acids is 1. The zero-order chi connectivity index (χ0) is 29.8. The summed E-state index contributed by atoms with van der Waals surface area (Å²) in [6, 6.07) is 16.7. The third kappa shape index (κ3) is 5.73. The summed E-state index contributed by atoms with van der Waals surface area (Å²) < 4.78 is 23.6. The number of methoxy groups -OCH3 is 1. The van der Waals surface area contributed by atoms with E-state index in [1.54, 1.807) is 12.0 Å². The first-order valence-corrected chi connectivity index (χ1v) is 14.8. The van der Waals surface area contributed by atoms with Crippen LogP contribution in [0.3, 0.4) is 0 Å². The van der Waals surface area contributed by atoms with Crippen LogP contribution in [-0.4, -0.2) is 37.7 Å². The number of hydrogen-bond acceptors (Lipinski definition) is 6. The van der Waals surface area contributed by atoms with Crippen LogP contribution in [0.5, 0.6) is 17.2 Å². The summed E-state index contributed by atoms with van der Waals surface area (Å²) in [5.41, 5.74) is 4.26. The van der Waals surface area contributed by atoms with E-state index >= 15 is 0 Å². The van der Waals surface area contributed by atoms with Crippen molar-refractivity contribution in [3.63, 3.8) is 0 Å². The van der Waals surface area contributed by atoms with Gasteiger partial charge in [-0.05, 0) is 86.2 Å². The summed E-state index contributed by atoms with van der Waals surface area (Å²) in [6.07, 6.45) is 3.76. The van der Waals surface area contributed by atoms with Crippen molar-refractivity contribution in [2.75, 3.05) is 26.9 Å². The van der Waals surface area contributed by atoms with E-state index in [1.165, 1.54) is 0 Å². The Labute approximate surface area is 247 Å². The van der Waals surface area contributed by atoms with Gasteiger partial charge in [0.05, 0.1) is 37.3 Å². The van der Waals surface area contributed by atoms with E-state index in [0.29, 0.717) is 54.2 Å². The Bertz CT molecular complexity index is 1640. The Morgan fingerprint density at radius 2 is 1.69 bits per heavy atom. The summed E-state index contributed by atoms with van der Waals surface area (Å²) >= 11 is 0. The first-order chi connectivity index (χ1) is 20.4. The lowest BCUT2D eigenvalue weighted by Gasteiger charge is -2.26. The van der Waals surface area contributed by atoms with Crippen LogP contribution in [0.4, 0.5) is 0 Å². The average molecular weight is 570 g/mol. The van der Waals surface area contributed by atoms with Gasteiger partial charge in [-0.2, -0.15) is 0 Å². The predicted molar refractivity (Wildman–Crippen MR) is 164 cm³/mol. The first kappa shape index (κ1) is 29.2. The Morgan fingerprint density at radius 1 is 0.905 bits per heavy atom. The van der Waals surface area contributed by atoms with Crippen LogP contribution in [0.15, 0.2) is 63.8 Å². The Hall–Kier alpha value is -4.26. The van der Waals surface area contributed by atoms with Crippen molar-refractivity contribution in [1.29, 1.82) is 0 Å². The lowest BCUT2D eigenvalue weighted by atomic mass is 9.96. The van der Waals surface area contributed by atoms with Crippen LogP contribution >= 0.6 is 0 Å². The minimum Gasteiger partial charge on any atom is -0.497 e. The smallest absolute Gasteiger partial charge is 0.290 e. The van der Waals surface area contributed by atoms with Crippen LogP contribution in [-0.2, 0) is 6.42 Å². The molecule has 1 aliphatic heterocycles. The molecule has 1 aliphatic rings. The van der Waals surface area contributed by atoms with Gasteiger partial charge in [0.25, 0.3) is 5.91 Å². The monoisotopic (exact) mass is 569 g/mol. The van der Waals surface area contributed by atoms with Crippen molar-refractivity contribution in [3.8, 4) is 17.2 Å². The largest absolute Gasteiger partial charge is 0.497 e. The number of unbranched alkanes of at least 4 members (excludes halogenated alkanes) is 2. The fourth-order valence-corrected chi connectivity index (χ4v) is 5.75. The molecule has 0 N–H and O–H groups in total. The van der Waals surface area contributed by atoms with Crippen molar-refractivity contribution < 1.29 is 23.4 Å². The molecule has 1 unspecified atom stereocenters. The minimum atomic E-state index is -0.625. The molecular formula is C35H39NO6. The Balaban J connectivity index is 1.59. The van der Waals surface area contributed by atoms with Crippen molar-refractivity contribution in [2.24, 2.45) is 0 Å². The topological polar surface area (TPSA) is 78.2 Å². The highest BCUT2D eigenvalue weighted by Crippen LogP contribution is 2.41. The first-order valence-electron chi connectivity index (χ1n) is 14.8. The summed E-state index contributed by atoms with van der Waals surface area (Å²) in [5.74, 6) is 1.84. The van der Waals surface area contributed by atoms with Crippen LogP contribution in [0, 0.1) is 13.8 Å². The van der Waals surface area contributed by atoms with Crippen LogP contribution < -0.4 is 19.6 Å². The fraction of sp³-hybridized carbons (Fsp3) is 0.371. The van der Waals surface area contributed by atoms with Crippen LogP contribution in [0.2, 0.25) is 0 Å². The van der Waals surface area contributed by atoms with Crippen LogP contribution in [0.25, 0.3) is 11.0 Å². The normalized spacial score (nSPS) is 14.4. The number of aryl methyl sites for hydroxylation is 2. The minimum absolute atomic E-state index is 0.107. The molecule has 42 heavy (non-hydrogen) atoms. The van der Waals surface area contributed by atoms with E-state index < -0.39 is 6.04 Å². The molecule has 0 radical (unpaired) electrons. The lowest BCUT2D eigenvalue weighted by molar-refractivity contribution is 0.0729. The molecule has 0 saturated heterocycles. The molecule has 7 nitrogen and oxygen atoms in total. The van der Waals surface area contributed by atoms with Gasteiger partial charge in [0.15, 0.2) is 16.9 Å². The van der Waals surface area contributed by atoms with Gasteiger partial charge in [-0.25, -0.2) is 0 Å². The zero-order valence-corrected chi connectivity index (χ0v) is 25.1. The highest BCUT2D eigenvalue weighted by atomic mass is 16.5. The fourth-order valence-electron chi connectivity index (χ4n) is 5.75. The molecule has 0 spiro atoms. The number of fused-ring (bicyclic) bond motifs is 2. The van der Waals surface area contributed by atoms with Gasteiger partial charge in [0.2, 0.25) is 5.76 Å². The number of amides is 1. The molecule has 0 bridgehead atoms. The molecular weight excluding hydrogens is 530 g/mol. The third-order valence-electron chi connectivity index (χ3n) is 7.80. The number of nitrogens with zero attached hydrogens (tertiary/aromatic N) is 1. The Morgan fingerprint density at radius 3 is 2.40 bits per heavy atom. The lowest BCUT2D eigenvalue weighted by Crippen LogP contribution is -2.31. The molecule has 4 aromatic rings. The Kier molecular flexibility index (Phi) is 8.86. The van der Waals surface area contributed by atoms with Gasteiger partial charge in [-0.3, -0.25) is 9.59 Å². The highest BCUT2D eigenvalue weighted by Gasteiger charge is 2.43. The summed E-state index contributed by atoms with van der Waals surface area (Å²) in [5, 5.41) is 0.509. The maximum Gasteiger partial charge on any atom is 0.290 e. The quantitative estimate of drug-likeness (QED) is 0.168. The number of benzene rings is 3. The van der Waals surface area contributed by atoms with E-state index in [2.05, 4.69) is 6.92 Å². The maximum atomic E-state index is 14.1. The van der Waals surface area contributed by atoms with E-state index in [4.69, 9.17) is 18.6 Å². The average Bonchev–Trinajstić information content (AvgIpc) is 3.26. The molecule has 220 valence electrons. The van der Waals surface area contributed by atoms with E-state index in [-0.39, 0.29) is 17.1 Å². The van der Waals surface area contributed by atoms with Gasteiger partial charge in [-0.15, -0.1) is 0 Å². The predicted octanol–water partition coefficient (Wildman–Crippen LogP) is 7.17. The number of ether oxygens (including phenoxy) is 3. The molecule has 0 fully saturated rings. The van der Waals surface area contributed by atoms with Gasteiger partial charge < -0.3 is 23.5 Å². The molecule has 1 amide bonds. The standard InChI is InChI=1S/C35H39NO6/c1-6-8-9-18-41-27-15-12-25(21-28(27)40-7-2)32-31-33(37)30-23(4)19-22(3)20-29(30)42-34(31)35(38)36(32)17-16-24-10-13-26(39-5)14-11-24/h10-15,19-21,32H,6-9,16-18H2,1-5H3. The number of rotatable bonds is 12. The molecule has 3 aromatic carbocycles. The summed E-state index contributed by atoms with van der Waals surface area (Å²) in [4.78, 5) is 29.9. The number of hydrogen-bond donors (Lipinski definition) is 0. The second-order valence-electron chi connectivity index (χ2n) is 10.8. The molecule has 5 rings (SSSR count). The molecule has 1 aromatic heterocycles. The molecule has 0 saturated carbocycles. The van der Waals surface area contributed by atoms with Crippen molar-refractivity contribution in [2.45, 2.75) is 59.4 Å². The van der Waals surface area contributed by atoms with E-state index in [9.17, 15) is 9.59 Å². The third-order valence-corrected chi connectivity index (χ3v) is 7.80. The highest BCUT2D eigenvalue weighted by molar-refractivity contribution is 5.99. The van der Waals surface area contributed by atoms with E-state index in [0.717, 1.165) is 47.3 Å². The molecule has 7 heteroatoms. The molecule has 2 heterocycles. The van der Waals surface area contributed by atoms with Crippen molar-refractivity contribution in [1.82, 2.24) is 4.90 Å². The van der Waals surface area contributed by atoms with Gasteiger partial charge in [-0.1, -0.05) is 44.0 Å². The SMILES string of the molecule is CCCCCOc1ccc(C2c3c(oc4cc(C)cc(C)c4c3=O)C(=O)N2CCc2ccc(OC)cc2)cc1OCC. The van der Waals surface area contributed by atoms with Gasteiger partial charge in [0, 0.05) is 6.54 Å². The van der Waals surface area contributed by atoms with Crippen molar-refractivity contribution in [3.05, 3.63) is 98.4 Å². The van der Waals surface area contributed by atoms with Crippen molar-refractivity contribution >= 4 is 16.9 Å². The maximum absolute atomic E-state index is 14.1. The summed E-state index contributed by atoms with van der Waals surface area (Å²) in [7, 11) is 1.63. The van der Waals surface area contributed by atoms with Crippen LogP contribution in [0.1, 0.15) is 77.5 Å².